The monoisotopic (exact) mass is 346 g/mol. The van der Waals surface area contributed by atoms with Gasteiger partial charge < -0.3 is 9.47 Å². The molecular formula is C19H26O4Si. The number of carbonyl (C=O) groups excluding carboxylic acids is 2. The van der Waals surface area contributed by atoms with Gasteiger partial charge in [-0.15, -0.1) is 0 Å². The van der Waals surface area contributed by atoms with Crippen molar-refractivity contribution in [3.8, 4) is 0 Å². The van der Waals surface area contributed by atoms with Gasteiger partial charge in [0.25, 0.3) is 0 Å². The normalized spacial score (nSPS) is 15.9. The number of ether oxygens (including phenoxy) is 2. The van der Waals surface area contributed by atoms with Gasteiger partial charge in [-0.25, -0.2) is 0 Å². The largest absolute Gasteiger partial charge is 0.465 e. The Labute approximate surface area is 144 Å². The molecule has 1 aliphatic rings. The van der Waals surface area contributed by atoms with E-state index in [0.717, 1.165) is 16.3 Å². The van der Waals surface area contributed by atoms with E-state index >= 15 is 0 Å². The van der Waals surface area contributed by atoms with Crippen LogP contribution in [0.5, 0.6) is 0 Å². The summed E-state index contributed by atoms with van der Waals surface area (Å²) in [5.41, 5.74) is 1.18. The number of hydrogen-bond donors (Lipinski definition) is 0. The van der Waals surface area contributed by atoms with Crippen LogP contribution in [0.4, 0.5) is 0 Å². The number of carbonyl (C=O) groups is 2. The molecular weight excluding hydrogens is 320 g/mol. The van der Waals surface area contributed by atoms with Gasteiger partial charge in [0.1, 0.15) is 0 Å². The fraction of sp³-hybridized carbons (Fsp3) is 0.474. The third-order valence-corrected chi connectivity index (χ3v) is 6.65. The Bertz CT molecular complexity index is 680. The van der Waals surface area contributed by atoms with Gasteiger partial charge in [-0.2, -0.15) is 0 Å². The molecule has 0 heterocycles. The Kier molecular flexibility index (Phi) is 5.04. The van der Waals surface area contributed by atoms with Crippen molar-refractivity contribution in [1.29, 1.82) is 0 Å². The van der Waals surface area contributed by atoms with Crippen LogP contribution in [0, 0.1) is 0 Å². The van der Waals surface area contributed by atoms with E-state index in [2.05, 4.69) is 19.6 Å². The molecule has 0 saturated carbocycles. The van der Waals surface area contributed by atoms with Crippen molar-refractivity contribution in [2.75, 3.05) is 13.2 Å². The van der Waals surface area contributed by atoms with Crippen LogP contribution in [0.25, 0.3) is 5.57 Å². The van der Waals surface area contributed by atoms with Crippen LogP contribution in [0.2, 0.25) is 19.6 Å². The lowest BCUT2D eigenvalue weighted by atomic mass is 9.82. The smallest absolute Gasteiger partial charge is 0.331 e. The van der Waals surface area contributed by atoms with Crippen LogP contribution in [0.15, 0.2) is 29.5 Å². The average molecular weight is 346 g/mol. The molecule has 0 aromatic heterocycles. The van der Waals surface area contributed by atoms with Gasteiger partial charge in [0, 0.05) is 0 Å². The lowest BCUT2D eigenvalue weighted by Gasteiger charge is -2.35. The summed E-state index contributed by atoms with van der Waals surface area (Å²) in [4.78, 5) is 26.2. The minimum atomic E-state index is -2.03. The molecule has 0 spiro atoms. The zero-order valence-electron chi connectivity index (χ0n) is 15.4. The van der Waals surface area contributed by atoms with Crippen LogP contribution >= 0.6 is 0 Å². The molecule has 24 heavy (non-hydrogen) atoms. The van der Waals surface area contributed by atoms with Crippen molar-refractivity contribution in [1.82, 2.24) is 0 Å². The number of esters is 2. The SMILES string of the molecule is CCOC(=O)C1(C(=O)OCC)C([Si](C)(C)C)=C(C)c2ccccc21. The van der Waals surface area contributed by atoms with Gasteiger partial charge in [0.15, 0.2) is 0 Å². The summed E-state index contributed by atoms with van der Waals surface area (Å²) >= 11 is 0. The standard InChI is InChI=1S/C19H26O4Si/c1-7-22-17(20)19(18(21)23-8-2)15-12-10-9-11-14(15)13(3)16(19)24(4,5)6/h9-12H,7-8H2,1-6H3. The van der Waals surface area contributed by atoms with Gasteiger partial charge in [-0.1, -0.05) is 43.9 Å². The first-order valence-corrected chi connectivity index (χ1v) is 11.9. The zero-order valence-corrected chi connectivity index (χ0v) is 16.4. The highest BCUT2D eigenvalue weighted by Crippen LogP contribution is 2.51. The molecule has 1 aliphatic carbocycles. The minimum Gasteiger partial charge on any atom is -0.465 e. The third-order valence-electron chi connectivity index (χ3n) is 4.40. The molecule has 5 heteroatoms. The van der Waals surface area contributed by atoms with E-state index in [-0.39, 0.29) is 13.2 Å². The predicted molar refractivity (Wildman–Crippen MR) is 97.3 cm³/mol. The molecule has 0 saturated heterocycles. The summed E-state index contributed by atoms with van der Waals surface area (Å²) in [5.74, 6) is -1.05. The van der Waals surface area contributed by atoms with E-state index < -0.39 is 25.4 Å². The first-order valence-electron chi connectivity index (χ1n) is 8.39. The summed E-state index contributed by atoms with van der Waals surface area (Å²) in [6.45, 7) is 12.4. The number of fused-ring (bicyclic) bond motifs is 1. The second-order valence-electron chi connectivity index (χ2n) is 6.99. The highest BCUT2D eigenvalue weighted by Gasteiger charge is 2.60. The third kappa shape index (κ3) is 2.61. The molecule has 0 unspecified atom stereocenters. The molecule has 0 aliphatic heterocycles. The first-order chi connectivity index (χ1) is 11.2. The van der Waals surface area contributed by atoms with Crippen molar-refractivity contribution in [3.05, 3.63) is 40.6 Å². The van der Waals surface area contributed by atoms with Gasteiger partial charge >= 0.3 is 11.9 Å². The summed E-state index contributed by atoms with van der Waals surface area (Å²) in [5, 5.41) is 0.896. The van der Waals surface area contributed by atoms with E-state index in [0.29, 0.717) is 5.56 Å². The summed E-state index contributed by atoms with van der Waals surface area (Å²) in [7, 11) is -2.03. The second-order valence-corrected chi connectivity index (χ2v) is 12.0. The summed E-state index contributed by atoms with van der Waals surface area (Å²) < 4.78 is 10.8. The zero-order chi connectivity index (χ0) is 18.1. The number of hydrogen-bond acceptors (Lipinski definition) is 4. The Morgan fingerprint density at radius 1 is 1.00 bits per heavy atom. The Morgan fingerprint density at radius 2 is 1.50 bits per heavy atom. The molecule has 0 atom stereocenters. The lowest BCUT2D eigenvalue weighted by Crippen LogP contribution is -2.52. The maximum Gasteiger partial charge on any atom is 0.331 e. The van der Waals surface area contributed by atoms with E-state index in [1.165, 1.54) is 0 Å². The van der Waals surface area contributed by atoms with E-state index in [1.807, 2.05) is 31.2 Å². The van der Waals surface area contributed by atoms with E-state index in [9.17, 15) is 9.59 Å². The Hall–Kier alpha value is -1.88. The highest BCUT2D eigenvalue weighted by atomic mass is 28.3. The summed E-state index contributed by atoms with van der Waals surface area (Å²) in [6.07, 6.45) is 0. The molecule has 2 rings (SSSR count). The van der Waals surface area contributed by atoms with Crippen LogP contribution in [-0.4, -0.2) is 33.2 Å². The van der Waals surface area contributed by atoms with Crippen molar-refractivity contribution >= 4 is 25.6 Å². The molecule has 1 aromatic rings. The molecule has 0 fully saturated rings. The fourth-order valence-electron chi connectivity index (χ4n) is 3.80. The number of benzene rings is 1. The Balaban J connectivity index is 2.87. The first kappa shape index (κ1) is 18.5. The molecule has 4 nitrogen and oxygen atoms in total. The van der Waals surface area contributed by atoms with Crippen LogP contribution in [0.3, 0.4) is 0 Å². The van der Waals surface area contributed by atoms with Gasteiger partial charge in [-0.3, -0.25) is 9.59 Å². The Morgan fingerprint density at radius 3 is 1.96 bits per heavy atom. The number of allylic oxidation sites excluding steroid dienone is 1. The van der Waals surface area contributed by atoms with Crippen molar-refractivity contribution in [2.24, 2.45) is 0 Å². The molecule has 0 bridgehead atoms. The van der Waals surface area contributed by atoms with Gasteiger partial charge in [0.2, 0.25) is 5.41 Å². The van der Waals surface area contributed by atoms with Crippen molar-refractivity contribution < 1.29 is 19.1 Å². The minimum absolute atomic E-state index is 0.222. The summed E-state index contributed by atoms with van der Waals surface area (Å²) in [6, 6.07) is 7.59. The van der Waals surface area contributed by atoms with Crippen molar-refractivity contribution in [2.45, 2.75) is 45.8 Å². The number of rotatable bonds is 5. The molecule has 0 amide bonds. The topological polar surface area (TPSA) is 52.6 Å². The highest BCUT2D eigenvalue weighted by molar-refractivity contribution is 6.85. The van der Waals surface area contributed by atoms with Crippen LogP contribution in [-0.2, 0) is 24.5 Å². The average Bonchev–Trinajstić information content (AvgIpc) is 2.78. The lowest BCUT2D eigenvalue weighted by molar-refractivity contribution is -0.162. The van der Waals surface area contributed by atoms with E-state index in [4.69, 9.17) is 9.47 Å². The van der Waals surface area contributed by atoms with Gasteiger partial charge in [-0.05, 0) is 42.7 Å². The van der Waals surface area contributed by atoms with Crippen molar-refractivity contribution in [3.63, 3.8) is 0 Å². The predicted octanol–water partition coefficient (Wildman–Crippen LogP) is 3.72. The maximum absolute atomic E-state index is 13.1. The molecule has 0 radical (unpaired) electrons. The quantitative estimate of drug-likeness (QED) is 0.463. The molecule has 130 valence electrons. The second kappa shape index (κ2) is 6.55. The van der Waals surface area contributed by atoms with Gasteiger partial charge in [0.05, 0.1) is 21.3 Å². The maximum atomic E-state index is 13.1. The molecule has 0 N–H and O–H groups in total. The van der Waals surface area contributed by atoms with Crippen LogP contribution < -0.4 is 0 Å². The van der Waals surface area contributed by atoms with Crippen LogP contribution in [0.1, 0.15) is 31.9 Å². The fourth-order valence-corrected chi connectivity index (χ4v) is 6.52. The van der Waals surface area contributed by atoms with E-state index in [1.54, 1.807) is 13.8 Å². The molecule has 1 aromatic carbocycles.